The molecular weight excluding hydrogens is 129 g/mol. The van der Waals surface area contributed by atoms with Gasteiger partial charge in [-0.15, -0.1) is 0 Å². The van der Waals surface area contributed by atoms with Gasteiger partial charge in [0.25, 0.3) is 0 Å². The van der Waals surface area contributed by atoms with Crippen LogP contribution in [0.2, 0.25) is 0 Å². The van der Waals surface area contributed by atoms with Crippen LogP contribution in [0.5, 0.6) is 0 Å². The maximum Gasteiger partial charge on any atom is 0.481 e. The van der Waals surface area contributed by atoms with Crippen LogP contribution in [0.15, 0.2) is 11.5 Å². The van der Waals surface area contributed by atoms with E-state index in [-0.39, 0.29) is 0 Å². The van der Waals surface area contributed by atoms with Gasteiger partial charge in [0.1, 0.15) is 0 Å². The summed E-state index contributed by atoms with van der Waals surface area (Å²) in [4.78, 5) is 0. The number of nitriles is 1. The highest BCUT2D eigenvalue weighted by molar-refractivity contribution is 6.47. The first-order chi connectivity index (χ1) is 4.70. The Labute approximate surface area is 60.7 Å². The second-order valence-electron chi connectivity index (χ2n) is 1.97. The van der Waals surface area contributed by atoms with Crippen molar-refractivity contribution < 1.29 is 10.0 Å². The van der Waals surface area contributed by atoms with Crippen LogP contribution in [0, 0.1) is 11.3 Å². The molecule has 4 heteroatoms. The molecule has 0 bridgehead atoms. The van der Waals surface area contributed by atoms with E-state index in [4.69, 9.17) is 15.3 Å². The summed E-state index contributed by atoms with van der Waals surface area (Å²) in [6.45, 7) is 1.93. The molecule has 0 saturated carbocycles. The summed E-state index contributed by atoms with van der Waals surface area (Å²) in [5.41, 5.74) is 0.428. The van der Waals surface area contributed by atoms with E-state index >= 15 is 0 Å². The molecule has 0 unspecified atom stereocenters. The van der Waals surface area contributed by atoms with Crippen molar-refractivity contribution in [3.05, 3.63) is 11.5 Å². The summed E-state index contributed by atoms with van der Waals surface area (Å²) in [6.07, 6.45) is 1.44. The van der Waals surface area contributed by atoms with Crippen molar-refractivity contribution >= 4 is 7.12 Å². The third kappa shape index (κ3) is 4.13. The van der Waals surface area contributed by atoms with Gasteiger partial charge in [-0.1, -0.05) is 13.3 Å². The first-order valence-electron chi connectivity index (χ1n) is 3.17. The van der Waals surface area contributed by atoms with Crippen molar-refractivity contribution in [2.75, 3.05) is 0 Å². The summed E-state index contributed by atoms with van der Waals surface area (Å²) in [5, 5.41) is 25.2. The zero-order valence-electron chi connectivity index (χ0n) is 5.91. The first kappa shape index (κ1) is 9.21. The lowest BCUT2D eigenvalue weighted by Gasteiger charge is -1.92. The Morgan fingerprint density at radius 3 is 2.60 bits per heavy atom. The van der Waals surface area contributed by atoms with Crippen molar-refractivity contribution in [3.63, 3.8) is 0 Å². The van der Waals surface area contributed by atoms with Crippen LogP contribution < -0.4 is 0 Å². The maximum absolute atomic E-state index is 8.41. The third-order valence-electron chi connectivity index (χ3n) is 1.01. The molecule has 0 aromatic carbocycles. The number of allylic oxidation sites excluding steroid dienone is 1. The van der Waals surface area contributed by atoms with Crippen molar-refractivity contribution in [2.45, 2.75) is 19.8 Å². The van der Waals surface area contributed by atoms with Crippen LogP contribution in [-0.4, -0.2) is 17.2 Å². The molecule has 0 aromatic heterocycles. The van der Waals surface area contributed by atoms with E-state index in [1.807, 2.05) is 13.0 Å². The smallest absolute Gasteiger partial charge is 0.424 e. The molecule has 0 aliphatic heterocycles. The van der Waals surface area contributed by atoms with Crippen molar-refractivity contribution in [2.24, 2.45) is 0 Å². The second kappa shape index (κ2) is 5.04. The highest BCUT2D eigenvalue weighted by atomic mass is 16.4. The lowest BCUT2D eigenvalue weighted by molar-refractivity contribution is 0.423. The monoisotopic (exact) mass is 139 g/mol. The summed E-state index contributed by atoms with van der Waals surface area (Å²) >= 11 is 0. The van der Waals surface area contributed by atoms with Gasteiger partial charge in [-0.25, -0.2) is 0 Å². The molecule has 0 heterocycles. The van der Waals surface area contributed by atoms with E-state index < -0.39 is 7.12 Å². The average molecular weight is 139 g/mol. The van der Waals surface area contributed by atoms with Gasteiger partial charge in [-0.05, 0) is 12.4 Å². The molecule has 0 aromatic rings. The van der Waals surface area contributed by atoms with Crippen molar-refractivity contribution in [1.29, 1.82) is 5.26 Å². The zero-order valence-corrected chi connectivity index (χ0v) is 5.91. The fourth-order valence-electron chi connectivity index (χ4n) is 0.626. The summed E-state index contributed by atoms with van der Waals surface area (Å²) < 4.78 is 0. The average Bonchev–Trinajstić information content (AvgIpc) is 1.86. The Kier molecular flexibility index (Phi) is 4.64. The molecule has 0 fully saturated rings. The molecule has 0 radical (unpaired) electrons. The van der Waals surface area contributed by atoms with E-state index in [1.165, 1.54) is 0 Å². The van der Waals surface area contributed by atoms with Gasteiger partial charge < -0.3 is 10.0 Å². The van der Waals surface area contributed by atoms with Gasteiger partial charge in [-0.2, -0.15) is 5.26 Å². The first-order valence-corrected chi connectivity index (χ1v) is 3.17. The Morgan fingerprint density at radius 1 is 1.70 bits per heavy atom. The lowest BCUT2D eigenvalue weighted by Crippen LogP contribution is -2.07. The molecule has 3 nitrogen and oxygen atoms in total. The van der Waals surface area contributed by atoms with E-state index in [0.717, 1.165) is 12.4 Å². The largest absolute Gasteiger partial charge is 0.481 e. The molecule has 0 amide bonds. The molecule has 54 valence electrons. The summed E-state index contributed by atoms with van der Waals surface area (Å²) in [6, 6.07) is 1.88. The standard InChI is InChI=1S/C6H10BNO2/c1-2-3-6(5-8)4-7(9)10/h4,9-10H,2-3H2,1H3/b6-4-. The molecule has 0 spiro atoms. The van der Waals surface area contributed by atoms with Gasteiger partial charge in [0.2, 0.25) is 0 Å². The van der Waals surface area contributed by atoms with E-state index in [2.05, 4.69) is 0 Å². The quantitative estimate of drug-likeness (QED) is 0.435. The van der Waals surface area contributed by atoms with Crippen LogP contribution in [-0.2, 0) is 0 Å². The number of hydrogen-bond acceptors (Lipinski definition) is 3. The Morgan fingerprint density at radius 2 is 2.30 bits per heavy atom. The SMILES string of the molecule is CCC/C(C#N)=C/B(O)O. The number of nitrogens with zero attached hydrogens (tertiary/aromatic N) is 1. The van der Waals surface area contributed by atoms with E-state index in [9.17, 15) is 0 Å². The predicted molar refractivity (Wildman–Crippen MR) is 38.8 cm³/mol. The van der Waals surface area contributed by atoms with Gasteiger partial charge in [0.05, 0.1) is 6.07 Å². The number of rotatable bonds is 3. The molecule has 2 N–H and O–H groups in total. The maximum atomic E-state index is 8.41. The van der Waals surface area contributed by atoms with Gasteiger partial charge in [0.15, 0.2) is 0 Å². The third-order valence-corrected chi connectivity index (χ3v) is 1.01. The van der Waals surface area contributed by atoms with Crippen LogP contribution in [0.3, 0.4) is 0 Å². The minimum Gasteiger partial charge on any atom is -0.424 e. The minimum absolute atomic E-state index is 0.428. The van der Waals surface area contributed by atoms with Crippen LogP contribution in [0.4, 0.5) is 0 Å². The Hall–Kier alpha value is -0.785. The Balaban J connectivity index is 3.95. The second-order valence-corrected chi connectivity index (χ2v) is 1.97. The van der Waals surface area contributed by atoms with Gasteiger partial charge in [-0.3, -0.25) is 0 Å². The number of hydrogen-bond donors (Lipinski definition) is 2. The molecule has 10 heavy (non-hydrogen) atoms. The van der Waals surface area contributed by atoms with E-state index in [0.29, 0.717) is 12.0 Å². The normalized spacial score (nSPS) is 10.8. The van der Waals surface area contributed by atoms with Crippen molar-refractivity contribution in [1.82, 2.24) is 0 Å². The zero-order chi connectivity index (χ0) is 7.98. The van der Waals surface area contributed by atoms with Gasteiger partial charge in [0, 0.05) is 5.57 Å². The molecule has 0 rings (SSSR count). The predicted octanol–water partition coefficient (Wildman–Crippen LogP) is 0.248. The van der Waals surface area contributed by atoms with Crippen LogP contribution >= 0.6 is 0 Å². The highest BCUT2D eigenvalue weighted by Crippen LogP contribution is 2.02. The minimum atomic E-state index is -1.50. The molecule has 0 atom stereocenters. The molecule has 0 aliphatic carbocycles. The van der Waals surface area contributed by atoms with E-state index in [1.54, 1.807) is 0 Å². The lowest BCUT2D eigenvalue weighted by atomic mass is 9.88. The van der Waals surface area contributed by atoms with Gasteiger partial charge >= 0.3 is 7.12 Å². The molecular formula is C6H10BNO2. The van der Waals surface area contributed by atoms with Crippen LogP contribution in [0.25, 0.3) is 0 Å². The topological polar surface area (TPSA) is 64.2 Å². The Bertz CT molecular complexity index is 160. The fraction of sp³-hybridized carbons (Fsp3) is 0.500. The molecule has 0 saturated heterocycles. The summed E-state index contributed by atoms with van der Waals surface area (Å²) in [5.74, 6) is 1.14. The van der Waals surface area contributed by atoms with Crippen LogP contribution in [0.1, 0.15) is 19.8 Å². The fourth-order valence-corrected chi connectivity index (χ4v) is 0.626. The molecule has 0 aliphatic rings. The summed E-state index contributed by atoms with van der Waals surface area (Å²) in [7, 11) is -1.50. The van der Waals surface area contributed by atoms with Crippen molar-refractivity contribution in [3.8, 4) is 6.07 Å². The highest BCUT2D eigenvalue weighted by Gasteiger charge is 2.03.